The van der Waals surface area contributed by atoms with Crippen LogP contribution in [0.2, 0.25) is 0 Å². The first kappa shape index (κ1) is 23.4. The van der Waals surface area contributed by atoms with Gasteiger partial charge in [-0.25, -0.2) is 4.79 Å². The molecule has 3 aromatic rings. The maximum atomic E-state index is 10.7. The molecule has 7 heteroatoms. The lowest BCUT2D eigenvalue weighted by molar-refractivity contribution is -0.139. The van der Waals surface area contributed by atoms with E-state index in [4.69, 9.17) is 9.84 Å². The molecular formula is C23H17Br2IO3S. The highest BCUT2D eigenvalue weighted by Gasteiger charge is 2.08. The van der Waals surface area contributed by atoms with Crippen LogP contribution in [0.3, 0.4) is 0 Å². The van der Waals surface area contributed by atoms with Gasteiger partial charge in [-0.3, -0.25) is 0 Å². The molecule has 3 aromatic carbocycles. The summed E-state index contributed by atoms with van der Waals surface area (Å²) in [5, 5.41) is 8.77. The molecule has 0 aliphatic rings. The van der Waals surface area contributed by atoms with E-state index in [0.717, 1.165) is 34.3 Å². The summed E-state index contributed by atoms with van der Waals surface area (Å²) in [5.41, 5.74) is 3.46. The van der Waals surface area contributed by atoms with Gasteiger partial charge in [0.1, 0.15) is 5.75 Å². The van der Waals surface area contributed by atoms with Crippen molar-refractivity contribution in [1.29, 1.82) is 0 Å². The van der Waals surface area contributed by atoms with Crippen LogP contribution in [0.5, 0.6) is 5.75 Å². The summed E-state index contributed by atoms with van der Waals surface area (Å²) in [4.78, 5) is 11.8. The number of carboxylic acid groups (broad SMARTS) is 1. The Morgan fingerprint density at radius 2 is 1.63 bits per heavy atom. The molecule has 0 aliphatic carbocycles. The van der Waals surface area contributed by atoms with Crippen LogP contribution in [-0.2, 0) is 4.79 Å². The van der Waals surface area contributed by atoms with Crippen molar-refractivity contribution >= 4 is 77.8 Å². The van der Waals surface area contributed by atoms with Crippen molar-refractivity contribution in [2.24, 2.45) is 0 Å². The van der Waals surface area contributed by atoms with E-state index in [2.05, 4.69) is 84.8 Å². The number of hydrogen-bond donors (Lipinski definition) is 1. The largest absolute Gasteiger partial charge is 0.481 e. The summed E-state index contributed by atoms with van der Waals surface area (Å²) in [7, 11) is 0. The molecule has 1 N–H and O–H groups in total. The number of carbonyl (C=O) groups is 1. The second-order valence-corrected chi connectivity index (χ2v) is 10.3. The zero-order valence-electron chi connectivity index (χ0n) is 15.6. The minimum atomic E-state index is -0.984. The van der Waals surface area contributed by atoms with Gasteiger partial charge in [0.05, 0.1) is 3.57 Å². The molecule has 154 valence electrons. The van der Waals surface area contributed by atoms with E-state index in [0.29, 0.717) is 5.75 Å². The molecular weight excluding hydrogens is 643 g/mol. The van der Waals surface area contributed by atoms with Crippen LogP contribution in [0.25, 0.3) is 5.57 Å². The summed E-state index contributed by atoms with van der Waals surface area (Å²) in [6, 6.07) is 22.4. The third kappa shape index (κ3) is 6.87. The molecule has 0 atom stereocenters. The predicted octanol–water partition coefficient (Wildman–Crippen LogP) is 7.50. The van der Waals surface area contributed by atoms with Gasteiger partial charge >= 0.3 is 5.97 Å². The standard InChI is InChI=1S/C23H17Br2IO3S/c24-17-5-1-3-15(11-17)20(16-4-2-6-18(25)12-16)9-10-30-19-7-8-22(21(26)13-19)29-14-23(27)28/h1-9,11-13H,10,14H2,(H,27,28). The Bertz CT molecular complexity index is 1040. The van der Waals surface area contributed by atoms with E-state index < -0.39 is 5.97 Å². The lowest BCUT2D eigenvalue weighted by Gasteiger charge is -2.11. The highest BCUT2D eigenvalue weighted by Crippen LogP contribution is 2.31. The number of hydrogen-bond acceptors (Lipinski definition) is 3. The Morgan fingerprint density at radius 1 is 1.00 bits per heavy atom. The lowest BCUT2D eigenvalue weighted by Crippen LogP contribution is -2.10. The maximum Gasteiger partial charge on any atom is 0.341 e. The van der Waals surface area contributed by atoms with Crippen LogP contribution in [0.1, 0.15) is 11.1 Å². The second kappa shape index (κ2) is 11.4. The monoisotopic (exact) mass is 658 g/mol. The number of rotatable bonds is 8. The van der Waals surface area contributed by atoms with Gasteiger partial charge < -0.3 is 9.84 Å². The van der Waals surface area contributed by atoms with E-state index >= 15 is 0 Å². The zero-order chi connectivity index (χ0) is 21.5. The van der Waals surface area contributed by atoms with E-state index in [1.807, 2.05) is 42.5 Å². The molecule has 0 amide bonds. The Hall–Kier alpha value is -1.29. The molecule has 3 nitrogen and oxygen atoms in total. The maximum absolute atomic E-state index is 10.7. The highest BCUT2D eigenvalue weighted by atomic mass is 127. The molecule has 30 heavy (non-hydrogen) atoms. The highest BCUT2D eigenvalue weighted by molar-refractivity contribution is 14.1. The van der Waals surface area contributed by atoms with Crippen LogP contribution < -0.4 is 4.74 Å². The third-order valence-electron chi connectivity index (χ3n) is 4.06. The first-order chi connectivity index (χ1) is 14.4. The first-order valence-electron chi connectivity index (χ1n) is 8.91. The van der Waals surface area contributed by atoms with E-state index in [1.165, 1.54) is 5.57 Å². The zero-order valence-corrected chi connectivity index (χ0v) is 21.8. The van der Waals surface area contributed by atoms with Crippen LogP contribution in [-0.4, -0.2) is 23.4 Å². The van der Waals surface area contributed by atoms with E-state index in [-0.39, 0.29) is 6.61 Å². The molecule has 0 fully saturated rings. The Labute approximate surface area is 210 Å². The fourth-order valence-corrected chi connectivity index (χ4v) is 5.25. The summed E-state index contributed by atoms with van der Waals surface area (Å²) in [6.45, 7) is -0.339. The normalized spacial score (nSPS) is 10.5. The van der Waals surface area contributed by atoms with Crippen molar-refractivity contribution in [2.45, 2.75) is 4.90 Å². The molecule has 0 saturated carbocycles. The smallest absolute Gasteiger partial charge is 0.341 e. The van der Waals surface area contributed by atoms with Gasteiger partial charge in [-0.1, -0.05) is 62.2 Å². The number of ether oxygens (including phenoxy) is 1. The topological polar surface area (TPSA) is 46.5 Å². The van der Waals surface area contributed by atoms with Crippen molar-refractivity contribution in [3.63, 3.8) is 0 Å². The molecule has 0 saturated heterocycles. The lowest BCUT2D eigenvalue weighted by atomic mass is 9.98. The SMILES string of the molecule is O=C(O)COc1ccc(SCC=C(c2cccc(Br)c2)c2cccc(Br)c2)cc1I. The fourth-order valence-electron chi connectivity index (χ4n) is 2.76. The molecule has 0 radical (unpaired) electrons. The average molecular weight is 660 g/mol. The molecule has 0 aromatic heterocycles. The molecule has 0 aliphatic heterocycles. The molecule has 0 bridgehead atoms. The quantitative estimate of drug-likeness (QED) is 0.201. The van der Waals surface area contributed by atoms with Crippen LogP contribution >= 0.6 is 66.2 Å². The Morgan fingerprint density at radius 3 is 2.17 bits per heavy atom. The molecule has 0 unspecified atom stereocenters. The summed E-state index contributed by atoms with van der Waals surface area (Å²) in [5.74, 6) is 0.392. The molecule has 0 spiro atoms. The number of thioether (sulfide) groups is 1. The van der Waals surface area contributed by atoms with Gasteiger partial charge in [-0.05, 0) is 81.8 Å². The number of aliphatic carboxylic acids is 1. The first-order valence-corrected chi connectivity index (χ1v) is 12.6. The average Bonchev–Trinajstić information content (AvgIpc) is 2.70. The van der Waals surface area contributed by atoms with Gasteiger partial charge in [-0.15, -0.1) is 11.8 Å². The summed E-state index contributed by atoms with van der Waals surface area (Å²) < 4.78 is 8.27. The number of benzene rings is 3. The van der Waals surface area contributed by atoms with Gasteiger partial charge in [0.25, 0.3) is 0 Å². The minimum absolute atomic E-state index is 0.339. The van der Waals surface area contributed by atoms with Crippen LogP contribution in [0, 0.1) is 3.57 Å². The minimum Gasteiger partial charge on any atom is -0.481 e. The van der Waals surface area contributed by atoms with Crippen molar-refractivity contribution in [3.05, 3.63) is 96.4 Å². The van der Waals surface area contributed by atoms with Gasteiger partial charge in [-0.2, -0.15) is 0 Å². The van der Waals surface area contributed by atoms with Gasteiger partial charge in [0.2, 0.25) is 0 Å². The van der Waals surface area contributed by atoms with Crippen LogP contribution in [0.4, 0.5) is 0 Å². The Kier molecular flexibility index (Phi) is 8.85. The second-order valence-electron chi connectivity index (χ2n) is 6.22. The summed E-state index contributed by atoms with van der Waals surface area (Å²) in [6.07, 6.45) is 2.23. The fraction of sp³-hybridized carbons (Fsp3) is 0.0870. The van der Waals surface area contributed by atoms with Crippen molar-refractivity contribution in [2.75, 3.05) is 12.4 Å². The number of halogens is 3. The van der Waals surface area contributed by atoms with E-state index in [9.17, 15) is 4.79 Å². The van der Waals surface area contributed by atoms with Gasteiger partial charge in [0, 0.05) is 19.6 Å². The van der Waals surface area contributed by atoms with Crippen molar-refractivity contribution in [1.82, 2.24) is 0 Å². The predicted molar refractivity (Wildman–Crippen MR) is 138 cm³/mol. The van der Waals surface area contributed by atoms with Crippen LogP contribution in [0.15, 0.2) is 86.6 Å². The third-order valence-corrected chi connectivity index (χ3v) is 6.81. The number of carboxylic acids is 1. The molecule has 0 heterocycles. The molecule has 3 rings (SSSR count). The van der Waals surface area contributed by atoms with Crippen molar-refractivity contribution in [3.8, 4) is 5.75 Å². The van der Waals surface area contributed by atoms with Gasteiger partial charge in [0.15, 0.2) is 6.61 Å². The van der Waals surface area contributed by atoms with E-state index in [1.54, 1.807) is 11.8 Å². The summed E-state index contributed by atoms with van der Waals surface area (Å²) >= 11 is 11.0. The Balaban J connectivity index is 1.79. The van der Waals surface area contributed by atoms with Crippen molar-refractivity contribution < 1.29 is 14.6 Å².